The minimum Gasteiger partial charge on any atom is -0.372 e. The molecule has 7 aromatic rings. The highest BCUT2D eigenvalue weighted by Gasteiger charge is 2.25. The van der Waals surface area contributed by atoms with Crippen molar-refractivity contribution >= 4 is 0 Å². The summed E-state index contributed by atoms with van der Waals surface area (Å²) in [7, 11) is 0. The average Bonchev–Trinajstić information content (AvgIpc) is 3.30. The Morgan fingerprint density at radius 3 is 0.433 bits per heavy atom. The summed E-state index contributed by atoms with van der Waals surface area (Å²) in [6.07, 6.45) is 0. The first-order valence-electron chi connectivity index (χ1n) is 20.7. The van der Waals surface area contributed by atoms with Crippen molar-refractivity contribution in [3.8, 4) is 0 Å². The second-order valence-electron chi connectivity index (χ2n) is 14.7. The van der Waals surface area contributed by atoms with Crippen molar-refractivity contribution in [2.75, 3.05) is 0 Å². The van der Waals surface area contributed by atoms with Gasteiger partial charge in [0.05, 0.1) is 79.3 Å². The molecule has 0 radical (unpaired) electrons. The van der Waals surface area contributed by atoms with Crippen LogP contribution in [0, 0.1) is 0 Å². The van der Waals surface area contributed by atoms with E-state index in [4.69, 9.17) is 28.4 Å². The first kappa shape index (κ1) is 42.4. The molecule has 60 heavy (non-hydrogen) atoms. The quantitative estimate of drug-likeness (QED) is 0.0607. The van der Waals surface area contributed by atoms with Crippen molar-refractivity contribution < 1.29 is 28.4 Å². The molecule has 0 amide bonds. The molecule has 0 saturated carbocycles. The van der Waals surface area contributed by atoms with Gasteiger partial charge in [-0.2, -0.15) is 0 Å². The second-order valence-corrected chi connectivity index (χ2v) is 14.7. The third-order valence-corrected chi connectivity index (χ3v) is 10.3. The summed E-state index contributed by atoms with van der Waals surface area (Å²) in [6, 6.07) is 61.7. The molecule has 0 spiro atoms. The zero-order valence-corrected chi connectivity index (χ0v) is 34.3. The van der Waals surface area contributed by atoms with Crippen LogP contribution in [0.3, 0.4) is 0 Å². The highest BCUT2D eigenvalue weighted by Crippen LogP contribution is 2.34. The summed E-state index contributed by atoms with van der Waals surface area (Å²) in [4.78, 5) is 0. The number of hydrogen-bond acceptors (Lipinski definition) is 6. The predicted molar refractivity (Wildman–Crippen MR) is 236 cm³/mol. The molecule has 6 heteroatoms. The van der Waals surface area contributed by atoms with Gasteiger partial charge in [-0.3, -0.25) is 0 Å². The Bertz CT molecular complexity index is 1810. The summed E-state index contributed by atoms with van der Waals surface area (Å²) in [5.74, 6) is 0. The van der Waals surface area contributed by atoms with Crippen LogP contribution in [0.25, 0.3) is 0 Å². The topological polar surface area (TPSA) is 55.4 Å². The Balaban J connectivity index is 1.32. The first-order chi connectivity index (χ1) is 29.8. The van der Waals surface area contributed by atoms with Crippen LogP contribution in [-0.4, -0.2) is 0 Å². The maximum Gasteiger partial charge on any atom is 0.0728 e. The van der Waals surface area contributed by atoms with Crippen LogP contribution in [-0.2, 0) is 108 Å². The minimum atomic E-state index is 0.339. The summed E-state index contributed by atoms with van der Waals surface area (Å²) in [5, 5.41) is 0. The van der Waals surface area contributed by atoms with Crippen molar-refractivity contribution in [3.05, 3.63) is 249 Å². The molecule has 0 heterocycles. The van der Waals surface area contributed by atoms with Crippen LogP contribution >= 0.6 is 0 Å². The van der Waals surface area contributed by atoms with E-state index in [0.717, 1.165) is 66.8 Å². The molecule has 306 valence electrons. The summed E-state index contributed by atoms with van der Waals surface area (Å²) < 4.78 is 39.8. The van der Waals surface area contributed by atoms with E-state index in [1.807, 2.05) is 109 Å². The third kappa shape index (κ3) is 13.2. The van der Waals surface area contributed by atoms with Gasteiger partial charge in [0.25, 0.3) is 0 Å². The van der Waals surface area contributed by atoms with E-state index in [1.165, 1.54) is 0 Å². The SMILES string of the molecule is c1ccc(COCc2c(COCc3ccccc3)c(COCc3ccccc3)c(COCc3ccccc3)c(COCc3ccccc3)c2COCc2ccccc2)cc1. The molecule has 0 aromatic heterocycles. The van der Waals surface area contributed by atoms with E-state index in [0.29, 0.717) is 79.3 Å². The van der Waals surface area contributed by atoms with Crippen molar-refractivity contribution in [2.24, 2.45) is 0 Å². The minimum absolute atomic E-state index is 0.339. The summed E-state index contributed by atoms with van der Waals surface area (Å²) in [5.41, 5.74) is 12.8. The first-order valence-corrected chi connectivity index (χ1v) is 20.7. The Hall–Kier alpha value is -5.70. The molecule has 7 rings (SSSR count). The van der Waals surface area contributed by atoms with Gasteiger partial charge < -0.3 is 28.4 Å². The van der Waals surface area contributed by atoms with Crippen LogP contribution in [0.4, 0.5) is 0 Å². The van der Waals surface area contributed by atoms with E-state index < -0.39 is 0 Å². The monoisotopic (exact) mass is 798 g/mol. The molecule has 0 saturated heterocycles. The van der Waals surface area contributed by atoms with Gasteiger partial charge in [-0.05, 0) is 66.8 Å². The third-order valence-electron chi connectivity index (χ3n) is 10.3. The molecule has 6 nitrogen and oxygen atoms in total. The van der Waals surface area contributed by atoms with Crippen LogP contribution in [0.2, 0.25) is 0 Å². The van der Waals surface area contributed by atoms with Crippen LogP contribution in [0.5, 0.6) is 0 Å². The van der Waals surface area contributed by atoms with Gasteiger partial charge in [-0.1, -0.05) is 182 Å². The maximum atomic E-state index is 6.63. The highest BCUT2D eigenvalue weighted by atomic mass is 16.5. The molecule has 0 bridgehead atoms. The molecule has 0 aliphatic carbocycles. The number of ether oxygens (including phenoxy) is 6. The van der Waals surface area contributed by atoms with Gasteiger partial charge in [0.1, 0.15) is 0 Å². The fraction of sp³-hybridized carbons (Fsp3) is 0.222. The van der Waals surface area contributed by atoms with Crippen molar-refractivity contribution in [1.29, 1.82) is 0 Å². The molecular weight excluding hydrogens is 745 g/mol. The highest BCUT2D eigenvalue weighted by molar-refractivity contribution is 5.52. The number of rotatable bonds is 24. The maximum absolute atomic E-state index is 6.63. The van der Waals surface area contributed by atoms with E-state index in [2.05, 4.69) is 72.8 Å². The number of hydrogen-bond donors (Lipinski definition) is 0. The Morgan fingerprint density at radius 1 is 0.167 bits per heavy atom. The lowest BCUT2D eigenvalue weighted by atomic mass is 9.87. The van der Waals surface area contributed by atoms with E-state index in [9.17, 15) is 0 Å². The van der Waals surface area contributed by atoms with Crippen LogP contribution in [0.15, 0.2) is 182 Å². The fourth-order valence-corrected chi connectivity index (χ4v) is 7.21. The Kier molecular flexibility index (Phi) is 16.8. The van der Waals surface area contributed by atoms with Gasteiger partial charge in [-0.25, -0.2) is 0 Å². The fourth-order valence-electron chi connectivity index (χ4n) is 7.21. The lowest BCUT2D eigenvalue weighted by molar-refractivity contribution is 0.0700. The summed E-state index contributed by atoms with van der Waals surface area (Å²) in [6.45, 7) is 4.77. The van der Waals surface area contributed by atoms with Crippen molar-refractivity contribution in [1.82, 2.24) is 0 Å². The van der Waals surface area contributed by atoms with Crippen LogP contribution in [0.1, 0.15) is 66.8 Å². The molecular formula is C54H54O6. The molecule has 0 aliphatic rings. The molecule has 0 aliphatic heterocycles. The van der Waals surface area contributed by atoms with Crippen LogP contribution < -0.4 is 0 Å². The average molecular weight is 799 g/mol. The molecule has 0 N–H and O–H groups in total. The lowest BCUT2D eigenvalue weighted by Crippen LogP contribution is -2.18. The standard InChI is InChI=1S/C54H54O6/c1-7-19-43(20-8-1)31-55-37-49-50(38-56-32-44-21-9-2-10-22-44)52(40-58-34-46-25-13-4-14-26-46)54(42-60-36-48-29-17-6-18-30-48)53(41-59-35-47-27-15-5-16-28-47)51(49)39-57-33-45-23-11-3-12-24-45/h1-30H,31-42H2. The van der Waals surface area contributed by atoms with E-state index >= 15 is 0 Å². The van der Waals surface area contributed by atoms with Crippen molar-refractivity contribution in [3.63, 3.8) is 0 Å². The molecule has 0 unspecified atom stereocenters. The van der Waals surface area contributed by atoms with Gasteiger partial charge >= 0.3 is 0 Å². The molecule has 0 fully saturated rings. The molecule has 0 atom stereocenters. The smallest absolute Gasteiger partial charge is 0.0728 e. The normalized spacial score (nSPS) is 11.2. The van der Waals surface area contributed by atoms with E-state index in [-0.39, 0.29) is 0 Å². The lowest BCUT2D eigenvalue weighted by Gasteiger charge is -2.27. The summed E-state index contributed by atoms with van der Waals surface area (Å²) >= 11 is 0. The Labute approximate surface area is 355 Å². The van der Waals surface area contributed by atoms with Gasteiger partial charge in [0, 0.05) is 0 Å². The largest absolute Gasteiger partial charge is 0.372 e. The second kappa shape index (κ2) is 23.8. The van der Waals surface area contributed by atoms with Gasteiger partial charge in [0.15, 0.2) is 0 Å². The van der Waals surface area contributed by atoms with E-state index in [1.54, 1.807) is 0 Å². The predicted octanol–water partition coefficient (Wildman–Crippen LogP) is 12.0. The molecule has 7 aromatic carbocycles. The Morgan fingerprint density at radius 2 is 0.300 bits per heavy atom. The zero-order valence-electron chi connectivity index (χ0n) is 34.3. The zero-order chi connectivity index (χ0) is 40.9. The van der Waals surface area contributed by atoms with Gasteiger partial charge in [-0.15, -0.1) is 0 Å². The van der Waals surface area contributed by atoms with Gasteiger partial charge in [0.2, 0.25) is 0 Å². The van der Waals surface area contributed by atoms with Crippen molar-refractivity contribution in [2.45, 2.75) is 79.3 Å². The number of benzene rings is 7.